The van der Waals surface area contributed by atoms with E-state index in [0.29, 0.717) is 23.7 Å². The van der Waals surface area contributed by atoms with E-state index >= 15 is 0 Å². The second-order valence-electron chi connectivity index (χ2n) is 5.74. The highest BCUT2D eigenvalue weighted by Gasteiger charge is 2.53. The third kappa shape index (κ3) is 1.73. The molecule has 4 atom stereocenters. The molecular weight excluding hydrogens is 232 g/mol. The Kier molecular flexibility index (Phi) is 2.66. The third-order valence-electron chi connectivity index (χ3n) is 4.85. The average molecular weight is 250 g/mol. The van der Waals surface area contributed by atoms with Crippen molar-refractivity contribution in [3.05, 3.63) is 71.8 Å². The van der Waals surface area contributed by atoms with Crippen molar-refractivity contribution < 1.29 is 4.74 Å². The first kappa shape index (κ1) is 11.2. The van der Waals surface area contributed by atoms with Crippen LogP contribution in [0.5, 0.6) is 0 Å². The van der Waals surface area contributed by atoms with Crippen molar-refractivity contribution in [1.82, 2.24) is 0 Å². The summed E-state index contributed by atoms with van der Waals surface area (Å²) in [6.45, 7) is 1.88. The minimum absolute atomic E-state index is 0.635. The summed E-state index contributed by atoms with van der Waals surface area (Å²) in [4.78, 5) is 0. The zero-order valence-electron chi connectivity index (χ0n) is 10.9. The molecular formula is C18H18O. The van der Waals surface area contributed by atoms with Gasteiger partial charge in [0.25, 0.3) is 0 Å². The monoisotopic (exact) mass is 250 g/mol. The van der Waals surface area contributed by atoms with Gasteiger partial charge in [0.1, 0.15) is 0 Å². The van der Waals surface area contributed by atoms with Crippen LogP contribution in [0, 0.1) is 11.8 Å². The van der Waals surface area contributed by atoms with Gasteiger partial charge in [-0.25, -0.2) is 0 Å². The Bertz CT molecular complexity index is 497. The van der Waals surface area contributed by atoms with Crippen LogP contribution in [0.3, 0.4) is 0 Å². The summed E-state index contributed by atoms with van der Waals surface area (Å²) in [5.74, 6) is 2.70. The SMILES string of the molecule is c1ccc([C@@H]2[C@H]3COC[C@H]3[C@@H]2c2ccccc2)cc1. The van der Waals surface area contributed by atoms with Crippen molar-refractivity contribution in [3.8, 4) is 0 Å². The Hall–Kier alpha value is -1.60. The molecule has 2 fully saturated rings. The Labute approximate surface area is 114 Å². The maximum Gasteiger partial charge on any atom is 0.0504 e. The van der Waals surface area contributed by atoms with Gasteiger partial charge in [0, 0.05) is 0 Å². The molecule has 96 valence electrons. The smallest absolute Gasteiger partial charge is 0.0504 e. The molecule has 0 radical (unpaired) electrons. The van der Waals surface area contributed by atoms with E-state index in [2.05, 4.69) is 60.7 Å². The lowest BCUT2D eigenvalue weighted by Gasteiger charge is -2.48. The van der Waals surface area contributed by atoms with E-state index < -0.39 is 0 Å². The number of hydrogen-bond donors (Lipinski definition) is 0. The number of benzene rings is 2. The molecule has 1 nitrogen and oxygen atoms in total. The fourth-order valence-electron chi connectivity index (χ4n) is 3.97. The summed E-state index contributed by atoms with van der Waals surface area (Å²) in [6, 6.07) is 21.9. The van der Waals surface area contributed by atoms with Crippen molar-refractivity contribution in [3.63, 3.8) is 0 Å². The van der Waals surface area contributed by atoms with Gasteiger partial charge >= 0.3 is 0 Å². The molecule has 4 rings (SSSR count). The zero-order chi connectivity index (χ0) is 12.7. The van der Waals surface area contributed by atoms with Crippen LogP contribution in [-0.2, 0) is 4.74 Å². The Balaban J connectivity index is 1.72. The number of rotatable bonds is 2. The number of fused-ring (bicyclic) bond motifs is 1. The van der Waals surface area contributed by atoms with E-state index in [4.69, 9.17) is 4.74 Å². The van der Waals surface area contributed by atoms with Gasteiger partial charge < -0.3 is 4.74 Å². The molecule has 0 amide bonds. The van der Waals surface area contributed by atoms with E-state index in [1.165, 1.54) is 11.1 Å². The normalized spacial score (nSPS) is 32.6. The fraction of sp³-hybridized carbons (Fsp3) is 0.333. The van der Waals surface area contributed by atoms with Gasteiger partial charge in [-0.1, -0.05) is 60.7 Å². The fourth-order valence-corrected chi connectivity index (χ4v) is 3.97. The Morgan fingerprint density at radius 2 is 1.05 bits per heavy atom. The van der Waals surface area contributed by atoms with Crippen molar-refractivity contribution in [2.75, 3.05) is 13.2 Å². The van der Waals surface area contributed by atoms with Gasteiger partial charge in [-0.05, 0) is 34.8 Å². The molecule has 1 saturated carbocycles. The van der Waals surface area contributed by atoms with Crippen LogP contribution in [0.25, 0.3) is 0 Å². The standard InChI is InChI=1S/C18H18O/c1-3-7-13(8-4-1)17-15-11-19-12-16(15)18(17)14-9-5-2-6-10-14/h1-10,15-18H,11-12H2/t15-,16+,17+,18-. The van der Waals surface area contributed by atoms with E-state index in [0.717, 1.165) is 13.2 Å². The maximum atomic E-state index is 5.73. The molecule has 1 saturated heterocycles. The maximum absolute atomic E-state index is 5.73. The molecule has 0 bridgehead atoms. The van der Waals surface area contributed by atoms with Gasteiger partial charge in [-0.15, -0.1) is 0 Å². The summed E-state index contributed by atoms with van der Waals surface area (Å²) < 4.78 is 5.73. The summed E-state index contributed by atoms with van der Waals surface area (Å²) in [6.07, 6.45) is 0. The molecule has 2 aromatic rings. The van der Waals surface area contributed by atoms with Crippen LogP contribution in [-0.4, -0.2) is 13.2 Å². The van der Waals surface area contributed by atoms with Crippen LogP contribution in [0.15, 0.2) is 60.7 Å². The van der Waals surface area contributed by atoms with E-state index in [1.54, 1.807) is 0 Å². The van der Waals surface area contributed by atoms with Crippen LogP contribution in [0.2, 0.25) is 0 Å². The van der Waals surface area contributed by atoms with Crippen molar-refractivity contribution >= 4 is 0 Å². The molecule has 1 heterocycles. The Morgan fingerprint density at radius 1 is 0.632 bits per heavy atom. The molecule has 0 aromatic heterocycles. The molecule has 19 heavy (non-hydrogen) atoms. The first-order valence-corrected chi connectivity index (χ1v) is 7.13. The van der Waals surface area contributed by atoms with Crippen molar-refractivity contribution in [2.24, 2.45) is 11.8 Å². The van der Waals surface area contributed by atoms with Gasteiger partial charge in [0.15, 0.2) is 0 Å². The average Bonchev–Trinajstić information content (AvgIpc) is 2.85. The topological polar surface area (TPSA) is 9.23 Å². The van der Waals surface area contributed by atoms with Gasteiger partial charge in [0.05, 0.1) is 13.2 Å². The van der Waals surface area contributed by atoms with Gasteiger partial charge in [0.2, 0.25) is 0 Å². The highest BCUT2D eigenvalue weighted by atomic mass is 16.5. The first-order chi connectivity index (χ1) is 9.45. The van der Waals surface area contributed by atoms with Crippen molar-refractivity contribution in [2.45, 2.75) is 11.8 Å². The molecule has 2 aliphatic rings. The first-order valence-electron chi connectivity index (χ1n) is 7.13. The predicted molar refractivity (Wildman–Crippen MR) is 76.2 cm³/mol. The molecule has 2 aromatic carbocycles. The number of ether oxygens (including phenoxy) is 1. The van der Waals surface area contributed by atoms with Gasteiger partial charge in [-0.2, -0.15) is 0 Å². The molecule has 0 spiro atoms. The lowest BCUT2D eigenvalue weighted by Crippen LogP contribution is -2.42. The summed E-state index contributed by atoms with van der Waals surface area (Å²) in [5.41, 5.74) is 2.95. The van der Waals surface area contributed by atoms with Crippen LogP contribution >= 0.6 is 0 Å². The van der Waals surface area contributed by atoms with Crippen molar-refractivity contribution in [1.29, 1.82) is 0 Å². The highest BCUT2D eigenvalue weighted by molar-refractivity contribution is 5.35. The largest absolute Gasteiger partial charge is 0.381 e. The Morgan fingerprint density at radius 3 is 1.47 bits per heavy atom. The lowest BCUT2D eigenvalue weighted by molar-refractivity contribution is 0.142. The number of hydrogen-bond acceptors (Lipinski definition) is 1. The van der Waals surface area contributed by atoms with E-state index in [1.807, 2.05) is 0 Å². The summed E-state index contributed by atoms with van der Waals surface area (Å²) >= 11 is 0. The van der Waals surface area contributed by atoms with Gasteiger partial charge in [-0.3, -0.25) is 0 Å². The van der Waals surface area contributed by atoms with Crippen LogP contribution in [0.1, 0.15) is 23.0 Å². The minimum Gasteiger partial charge on any atom is -0.381 e. The molecule has 1 heteroatoms. The van der Waals surface area contributed by atoms with Crippen LogP contribution in [0.4, 0.5) is 0 Å². The molecule has 0 unspecified atom stereocenters. The highest BCUT2D eigenvalue weighted by Crippen LogP contribution is 2.59. The summed E-state index contributed by atoms with van der Waals surface area (Å²) in [5, 5.41) is 0. The molecule has 0 N–H and O–H groups in total. The second-order valence-corrected chi connectivity index (χ2v) is 5.74. The van der Waals surface area contributed by atoms with Crippen LogP contribution < -0.4 is 0 Å². The van der Waals surface area contributed by atoms with E-state index in [-0.39, 0.29) is 0 Å². The van der Waals surface area contributed by atoms with E-state index in [9.17, 15) is 0 Å². The minimum atomic E-state index is 0.635. The lowest BCUT2D eigenvalue weighted by atomic mass is 9.54. The summed E-state index contributed by atoms with van der Waals surface area (Å²) in [7, 11) is 0. The molecule has 1 aliphatic carbocycles. The molecule has 1 aliphatic heterocycles. The third-order valence-corrected chi connectivity index (χ3v) is 4.85. The quantitative estimate of drug-likeness (QED) is 0.787. The second kappa shape index (κ2) is 4.50. The predicted octanol–water partition coefficient (Wildman–Crippen LogP) is 3.83. The zero-order valence-corrected chi connectivity index (χ0v) is 10.9.